The zero-order chi connectivity index (χ0) is 20.9. The molecule has 0 atom stereocenters. The molecule has 1 aromatic carbocycles. The van der Waals surface area contributed by atoms with Crippen LogP contribution in [-0.2, 0) is 0 Å². The second kappa shape index (κ2) is 14.5. The summed E-state index contributed by atoms with van der Waals surface area (Å²) in [4.78, 5) is 16.5. The number of benzene rings is 1. The molecule has 0 aliphatic heterocycles. The summed E-state index contributed by atoms with van der Waals surface area (Å²) in [6.45, 7) is 6.86. The van der Waals surface area contributed by atoms with Gasteiger partial charge in [0.05, 0.1) is 19.9 Å². The lowest BCUT2D eigenvalue weighted by Gasteiger charge is -2.12. The van der Waals surface area contributed by atoms with Gasteiger partial charge in [-0.05, 0) is 50.6 Å². The maximum absolute atomic E-state index is 12.0. The van der Waals surface area contributed by atoms with Crippen molar-refractivity contribution in [2.75, 3.05) is 39.9 Å². The highest BCUT2D eigenvalue weighted by atomic mass is 127. The molecule has 0 fully saturated rings. The summed E-state index contributed by atoms with van der Waals surface area (Å²) in [6.07, 6.45) is 2.24. The predicted octanol–water partition coefficient (Wildman–Crippen LogP) is 2.97. The summed E-state index contributed by atoms with van der Waals surface area (Å²) < 4.78 is 16.0. The van der Waals surface area contributed by atoms with E-state index in [9.17, 15) is 4.79 Å². The molecule has 2 aromatic rings. The van der Waals surface area contributed by atoms with E-state index in [0.717, 1.165) is 36.0 Å². The molecule has 0 radical (unpaired) electrons. The van der Waals surface area contributed by atoms with Crippen LogP contribution in [0, 0.1) is 6.92 Å². The number of carbonyl (C=O) groups excluding carboxylic acids is 1. The Hall–Kier alpha value is -2.43. The number of methoxy groups -OCH3 is 1. The third-order valence-corrected chi connectivity index (χ3v) is 4.03. The Morgan fingerprint density at radius 2 is 1.80 bits per heavy atom. The van der Waals surface area contributed by atoms with E-state index < -0.39 is 0 Å². The number of aliphatic imine (C=N–C) groups is 1. The van der Waals surface area contributed by atoms with Crippen molar-refractivity contribution in [3.63, 3.8) is 0 Å². The van der Waals surface area contributed by atoms with Crippen LogP contribution in [-0.4, -0.2) is 51.8 Å². The van der Waals surface area contributed by atoms with E-state index in [0.29, 0.717) is 32.0 Å². The lowest BCUT2D eigenvalue weighted by molar-refractivity contribution is 0.0925. The number of nitrogens with zero attached hydrogens (tertiary/aromatic N) is 1. The van der Waals surface area contributed by atoms with Gasteiger partial charge in [-0.15, -0.1) is 24.0 Å². The fourth-order valence-corrected chi connectivity index (χ4v) is 2.51. The Bertz CT molecular complexity index is 778. The zero-order valence-electron chi connectivity index (χ0n) is 17.7. The molecular weight excluding hydrogens is 499 g/mol. The number of hydrogen-bond donors (Lipinski definition) is 3. The first-order valence-electron chi connectivity index (χ1n) is 9.75. The molecule has 9 heteroatoms. The van der Waals surface area contributed by atoms with E-state index in [1.54, 1.807) is 13.2 Å². The van der Waals surface area contributed by atoms with Crippen LogP contribution in [0.25, 0.3) is 0 Å². The highest BCUT2D eigenvalue weighted by molar-refractivity contribution is 14.0. The van der Waals surface area contributed by atoms with E-state index >= 15 is 0 Å². The van der Waals surface area contributed by atoms with Crippen LogP contribution in [0.3, 0.4) is 0 Å². The summed E-state index contributed by atoms with van der Waals surface area (Å²) in [7, 11) is 1.63. The van der Waals surface area contributed by atoms with Gasteiger partial charge in [0.1, 0.15) is 18.1 Å². The number of furan rings is 1. The number of halogens is 1. The first-order valence-corrected chi connectivity index (χ1v) is 9.75. The van der Waals surface area contributed by atoms with Crippen molar-refractivity contribution in [2.45, 2.75) is 20.3 Å². The van der Waals surface area contributed by atoms with E-state index in [4.69, 9.17) is 13.9 Å². The van der Waals surface area contributed by atoms with Gasteiger partial charge in [0.15, 0.2) is 11.7 Å². The van der Waals surface area contributed by atoms with Gasteiger partial charge in [0.25, 0.3) is 5.91 Å². The largest absolute Gasteiger partial charge is 0.497 e. The monoisotopic (exact) mass is 530 g/mol. The van der Waals surface area contributed by atoms with Gasteiger partial charge >= 0.3 is 0 Å². The summed E-state index contributed by atoms with van der Waals surface area (Å²) in [5, 5.41) is 9.26. The first-order chi connectivity index (χ1) is 14.1. The van der Waals surface area contributed by atoms with Crippen molar-refractivity contribution in [1.29, 1.82) is 0 Å². The van der Waals surface area contributed by atoms with Crippen molar-refractivity contribution in [3.8, 4) is 11.5 Å². The highest BCUT2D eigenvalue weighted by Gasteiger charge is 2.11. The molecule has 8 nitrogen and oxygen atoms in total. The maximum Gasteiger partial charge on any atom is 0.287 e. The van der Waals surface area contributed by atoms with Crippen LogP contribution in [0.5, 0.6) is 11.5 Å². The minimum absolute atomic E-state index is 0. The van der Waals surface area contributed by atoms with Gasteiger partial charge in [-0.3, -0.25) is 9.79 Å². The second-order valence-electron chi connectivity index (χ2n) is 6.25. The molecule has 30 heavy (non-hydrogen) atoms. The fraction of sp³-hybridized carbons (Fsp3) is 0.429. The van der Waals surface area contributed by atoms with E-state index in [2.05, 4.69) is 20.9 Å². The van der Waals surface area contributed by atoms with Gasteiger partial charge in [-0.25, -0.2) is 0 Å². The lowest BCUT2D eigenvalue weighted by atomic mass is 10.2. The zero-order valence-corrected chi connectivity index (χ0v) is 20.0. The molecule has 0 saturated heterocycles. The second-order valence-corrected chi connectivity index (χ2v) is 6.25. The smallest absolute Gasteiger partial charge is 0.287 e. The average Bonchev–Trinajstić information content (AvgIpc) is 3.17. The summed E-state index contributed by atoms with van der Waals surface area (Å²) >= 11 is 0. The lowest BCUT2D eigenvalue weighted by Crippen LogP contribution is -2.39. The van der Waals surface area contributed by atoms with Crippen molar-refractivity contribution in [2.24, 2.45) is 4.99 Å². The molecule has 0 aliphatic rings. The van der Waals surface area contributed by atoms with Crippen molar-refractivity contribution in [1.82, 2.24) is 16.0 Å². The van der Waals surface area contributed by atoms with Crippen molar-refractivity contribution in [3.05, 3.63) is 47.9 Å². The summed E-state index contributed by atoms with van der Waals surface area (Å²) in [5.74, 6) is 2.47. The molecular formula is C21H31IN4O4. The first kappa shape index (κ1) is 25.6. The number of aryl methyl sites for hydroxylation is 1. The molecule has 166 valence electrons. The number of carbonyl (C=O) groups is 1. The maximum atomic E-state index is 12.0. The molecule has 0 saturated carbocycles. The van der Waals surface area contributed by atoms with Crippen LogP contribution in [0.2, 0.25) is 0 Å². The minimum atomic E-state index is -0.197. The number of ether oxygens (including phenoxy) is 2. The topological polar surface area (TPSA) is 97.1 Å². The Kier molecular flexibility index (Phi) is 12.4. The molecule has 0 aliphatic carbocycles. The van der Waals surface area contributed by atoms with E-state index in [1.165, 1.54) is 6.26 Å². The summed E-state index contributed by atoms with van der Waals surface area (Å²) in [6, 6.07) is 9.24. The Morgan fingerprint density at radius 1 is 1.07 bits per heavy atom. The van der Waals surface area contributed by atoms with Gasteiger partial charge in [0, 0.05) is 25.2 Å². The molecule has 1 heterocycles. The molecule has 0 bridgehead atoms. The number of guanidine groups is 1. The van der Waals surface area contributed by atoms with Crippen LogP contribution in [0.1, 0.15) is 29.5 Å². The quantitative estimate of drug-likeness (QED) is 0.179. The van der Waals surface area contributed by atoms with Crippen molar-refractivity contribution >= 4 is 35.8 Å². The normalized spacial score (nSPS) is 10.7. The van der Waals surface area contributed by atoms with Crippen LogP contribution in [0.4, 0.5) is 0 Å². The van der Waals surface area contributed by atoms with Gasteiger partial charge in [-0.2, -0.15) is 0 Å². The third-order valence-electron chi connectivity index (χ3n) is 4.03. The van der Waals surface area contributed by atoms with Crippen LogP contribution < -0.4 is 25.4 Å². The number of nitrogens with one attached hydrogen (secondary N) is 3. The molecule has 2 rings (SSSR count). The highest BCUT2D eigenvalue weighted by Crippen LogP contribution is 2.16. The molecule has 0 spiro atoms. The van der Waals surface area contributed by atoms with Gasteiger partial charge < -0.3 is 29.8 Å². The molecule has 0 unspecified atom stereocenters. The minimum Gasteiger partial charge on any atom is -0.497 e. The standard InChI is InChI=1S/C21H30N4O4.HI/c1-4-22-21(25-13-15-28-18-8-6-17(27-3)7-9-18)24-12-5-11-23-20(26)19-16(2)10-14-29-19;/h6-10,14H,4-5,11-13,15H2,1-3H3,(H,23,26)(H2,22,24,25);1H. The molecule has 1 amide bonds. The molecule has 1 aromatic heterocycles. The van der Waals surface area contributed by atoms with Gasteiger partial charge in [0.2, 0.25) is 0 Å². The Morgan fingerprint density at radius 3 is 2.43 bits per heavy atom. The molecule has 3 N–H and O–H groups in total. The Labute approximate surface area is 194 Å². The number of amides is 1. The van der Waals surface area contributed by atoms with Crippen LogP contribution in [0.15, 0.2) is 46.0 Å². The van der Waals surface area contributed by atoms with Crippen molar-refractivity contribution < 1.29 is 18.7 Å². The SMILES string of the molecule is CCNC(=NCCCNC(=O)c1occc1C)NCCOc1ccc(OC)cc1.I. The fourth-order valence-electron chi connectivity index (χ4n) is 2.51. The summed E-state index contributed by atoms with van der Waals surface area (Å²) in [5.41, 5.74) is 0.830. The van der Waals surface area contributed by atoms with Gasteiger partial charge in [-0.1, -0.05) is 0 Å². The predicted molar refractivity (Wildman–Crippen MR) is 128 cm³/mol. The number of hydrogen-bond acceptors (Lipinski definition) is 5. The average molecular weight is 530 g/mol. The Balaban J connectivity index is 0.00000450. The van der Waals surface area contributed by atoms with E-state index in [1.807, 2.05) is 38.1 Å². The number of rotatable bonds is 11. The van der Waals surface area contributed by atoms with E-state index in [-0.39, 0.29) is 29.9 Å². The van der Waals surface area contributed by atoms with Crippen LogP contribution >= 0.6 is 24.0 Å². The third kappa shape index (κ3) is 8.93.